The molecule has 2 N–H and O–H groups in total. The molecule has 0 spiro atoms. The molecule has 0 heterocycles. The van der Waals surface area contributed by atoms with Gasteiger partial charge in [-0.3, -0.25) is 0 Å². The summed E-state index contributed by atoms with van der Waals surface area (Å²) in [5.74, 6) is 1.08. The molecular weight excluding hydrogens is 353 g/mol. The van der Waals surface area contributed by atoms with Gasteiger partial charge in [0, 0.05) is 27.2 Å². The van der Waals surface area contributed by atoms with Gasteiger partial charge in [0.1, 0.15) is 0 Å². The van der Waals surface area contributed by atoms with E-state index in [1.807, 2.05) is 44.1 Å². The molecule has 1 unspecified atom stereocenters. The fourth-order valence-corrected chi connectivity index (χ4v) is 1.44. The van der Waals surface area contributed by atoms with Crippen LogP contribution in [0, 0.1) is 5.92 Å². The highest BCUT2D eigenvalue weighted by Crippen LogP contribution is 2.00. The second-order valence-corrected chi connectivity index (χ2v) is 4.69. The van der Waals surface area contributed by atoms with Crippen LogP contribution in [-0.4, -0.2) is 43.2 Å². The number of nitrogens with one attached hydrogen (secondary N) is 1. The highest BCUT2D eigenvalue weighted by atomic mass is 127. The number of rotatable bonds is 5. The first-order valence-corrected chi connectivity index (χ1v) is 6.24. The highest BCUT2D eigenvalue weighted by molar-refractivity contribution is 14.0. The Hall–Kier alpha value is -0.820. The Bertz CT molecular complexity index is 368. The van der Waals surface area contributed by atoms with Crippen LogP contribution >= 0.6 is 24.0 Å². The standard InChI is InChI=1S/C14H23N3O.HI/c1-12(11-18)9-15-14(17(2)3)16-10-13-7-5-4-6-8-13;/h4-8,12,18H,9-11H2,1-3H3,(H,15,16);1H. The maximum atomic E-state index is 9.00. The number of halogens is 1. The summed E-state index contributed by atoms with van der Waals surface area (Å²) >= 11 is 0. The van der Waals surface area contributed by atoms with E-state index in [9.17, 15) is 0 Å². The fraction of sp³-hybridized carbons (Fsp3) is 0.500. The third-order valence-corrected chi connectivity index (χ3v) is 2.60. The normalized spacial score (nSPS) is 12.5. The lowest BCUT2D eigenvalue weighted by molar-refractivity contribution is 0.237. The Balaban J connectivity index is 0.00000324. The average Bonchev–Trinajstić information content (AvgIpc) is 2.39. The summed E-state index contributed by atoms with van der Waals surface area (Å²) in [5, 5.41) is 12.3. The van der Waals surface area contributed by atoms with E-state index in [-0.39, 0.29) is 36.5 Å². The van der Waals surface area contributed by atoms with Crippen LogP contribution in [0.5, 0.6) is 0 Å². The summed E-state index contributed by atoms with van der Waals surface area (Å²) in [6.07, 6.45) is 0. The zero-order valence-corrected chi connectivity index (χ0v) is 14.2. The summed E-state index contributed by atoms with van der Waals surface area (Å²) in [4.78, 5) is 6.50. The van der Waals surface area contributed by atoms with Gasteiger partial charge in [0.2, 0.25) is 0 Å². The molecule has 4 nitrogen and oxygen atoms in total. The topological polar surface area (TPSA) is 47.9 Å². The SMILES string of the molecule is CC(CO)CNC(=NCc1ccccc1)N(C)C.I. The largest absolute Gasteiger partial charge is 0.396 e. The minimum atomic E-state index is 0. The van der Waals surface area contributed by atoms with Crippen LogP contribution in [-0.2, 0) is 6.54 Å². The van der Waals surface area contributed by atoms with Crippen molar-refractivity contribution in [1.29, 1.82) is 0 Å². The Morgan fingerprint density at radius 3 is 2.47 bits per heavy atom. The number of guanidine groups is 1. The molecule has 0 aliphatic carbocycles. The number of benzene rings is 1. The van der Waals surface area contributed by atoms with E-state index in [0.717, 1.165) is 12.5 Å². The summed E-state index contributed by atoms with van der Waals surface area (Å²) < 4.78 is 0. The van der Waals surface area contributed by atoms with E-state index in [1.54, 1.807) is 0 Å². The summed E-state index contributed by atoms with van der Waals surface area (Å²) in [6, 6.07) is 10.2. The molecule has 0 saturated carbocycles. The molecule has 19 heavy (non-hydrogen) atoms. The fourth-order valence-electron chi connectivity index (χ4n) is 1.44. The van der Waals surface area contributed by atoms with Crippen molar-refractivity contribution in [2.24, 2.45) is 10.9 Å². The summed E-state index contributed by atoms with van der Waals surface area (Å²) in [7, 11) is 3.92. The van der Waals surface area contributed by atoms with Crippen LogP contribution in [0.1, 0.15) is 12.5 Å². The van der Waals surface area contributed by atoms with Crippen LogP contribution in [0.15, 0.2) is 35.3 Å². The number of nitrogens with zero attached hydrogens (tertiary/aromatic N) is 2. The first-order chi connectivity index (χ1) is 8.63. The number of aliphatic hydroxyl groups excluding tert-OH is 1. The van der Waals surface area contributed by atoms with Crippen molar-refractivity contribution in [3.63, 3.8) is 0 Å². The van der Waals surface area contributed by atoms with E-state index in [1.165, 1.54) is 5.56 Å². The predicted molar refractivity (Wildman–Crippen MR) is 90.9 cm³/mol. The molecule has 1 aromatic rings. The van der Waals surface area contributed by atoms with Crippen LogP contribution in [0.4, 0.5) is 0 Å². The Morgan fingerprint density at radius 1 is 1.32 bits per heavy atom. The lowest BCUT2D eigenvalue weighted by Crippen LogP contribution is -2.39. The van der Waals surface area contributed by atoms with Crippen LogP contribution in [0.25, 0.3) is 0 Å². The third-order valence-electron chi connectivity index (χ3n) is 2.60. The zero-order chi connectivity index (χ0) is 13.4. The molecule has 0 aromatic heterocycles. The van der Waals surface area contributed by atoms with Gasteiger partial charge in [0.15, 0.2) is 5.96 Å². The number of hydrogen-bond donors (Lipinski definition) is 2. The zero-order valence-electron chi connectivity index (χ0n) is 11.8. The highest BCUT2D eigenvalue weighted by Gasteiger charge is 2.04. The van der Waals surface area contributed by atoms with Crippen molar-refractivity contribution in [3.05, 3.63) is 35.9 Å². The third kappa shape index (κ3) is 7.37. The van der Waals surface area contributed by atoms with Gasteiger partial charge < -0.3 is 15.3 Å². The molecule has 5 heteroatoms. The first-order valence-electron chi connectivity index (χ1n) is 6.24. The van der Waals surface area contributed by atoms with Crippen molar-refractivity contribution < 1.29 is 5.11 Å². The van der Waals surface area contributed by atoms with Gasteiger partial charge >= 0.3 is 0 Å². The van der Waals surface area contributed by atoms with Gasteiger partial charge in [-0.1, -0.05) is 37.3 Å². The Labute approximate surface area is 132 Å². The van der Waals surface area contributed by atoms with E-state index in [4.69, 9.17) is 5.11 Å². The molecular formula is C14H24IN3O. The molecule has 1 atom stereocenters. The van der Waals surface area contributed by atoms with E-state index < -0.39 is 0 Å². The quantitative estimate of drug-likeness (QED) is 0.469. The molecule has 108 valence electrons. The van der Waals surface area contributed by atoms with E-state index in [0.29, 0.717) is 6.54 Å². The lowest BCUT2D eigenvalue weighted by atomic mass is 10.2. The number of hydrogen-bond acceptors (Lipinski definition) is 2. The van der Waals surface area contributed by atoms with Crippen LogP contribution in [0.2, 0.25) is 0 Å². The van der Waals surface area contributed by atoms with Crippen molar-refractivity contribution in [3.8, 4) is 0 Å². The molecule has 0 radical (unpaired) electrons. The minimum absolute atomic E-state index is 0. The van der Waals surface area contributed by atoms with Gasteiger partial charge in [-0.05, 0) is 11.5 Å². The van der Waals surface area contributed by atoms with Gasteiger partial charge in [-0.15, -0.1) is 24.0 Å². The molecule has 0 aliphatic heterocycles. The average molecular weight is 377 g/mol. The van der Waals surface area contributed by atoms with Crippen molar-refractivity contribution in [2.75, 3.05) is 27.2 Å². The molecule has 1 rings (SSSR count). The van der Waals surface area contributed by atoms with Gasteiger partial charge in [0.25, 0.3) is 0 Å². The summed E-state index contributed by atoms with van der Waals surface area (Å²) in [6.45, 7) is 3.57. The van der Waals surface area contributed by atoms with E-state index >= 15 is 0 Å². The van der Waals surface area contributed by atoms with Gasteiger partial charge in [0.05, 0.1) is 6.54 Å². The molecule has 1 aromatic carbocycles. The van der Waals surface area contributed by atoms with Crippen LogP contribution in [0.3, 0.4) is 0 Å². The van der Waals surface area contributed by atoms with Gasteiger partial charge in [-0.25, -0.2) is 4.99 Å². The summed E-state index contributed by atoms with van der Waals surface area (Å²) in [5.41, 5.74) is 1.19. The van der Waals surface area contributed by atoms with Crippen molar-refractivity contribution >= 4 is 29.9 Å². The maximum Gasteiger partial charge on any atom is 0.193 e. The second kappa shape index (κ2) is 10.0. The number of aliphatic hydroxyl groups is 1. The molecule has 0 bridgehead atoms. The second-order valence-electron chi connectivity index (χ2n) is 4.69. The molecule has 0 saturated heterocycles. The molecule has 0 fully saturated rings. The van der Waals surface area contributed by atoms with E-state index in [2.05, 4.69) is 22.4 Å². The van der Waals surface area contributed by atoms with Crippen molar-refractivity contribution in [2.45, 2.75) is 13.5 Å². The maximum absolute atomic E-state index is 9.00. The molecule has 0 amide bonds. The predicted octanol–water partition coefficient (Wildman–Crippen LogP) is 1.94. The monoisotopic (exact) mass is 377 g/mol. The molecule has 0 aliphatic rings. The number of aliphatic imine (C=N–C) groups is 1. The minimum Gasteiger partial charge on any atom is -0.396 e. The Morgan fingerprint density at radius 2 is 1.95 bits per heavy atom. The van der Waals surface area contributed by atoms with Gasteiger partial charge in [-0.2, -0.15) is 0 Å². The first kappa shape index (κ1) is 18.2. The van der Waals surface area contributed by atoms with Crippen molar-refractivity contribution in [1.82, 2.24) is 10.2 Å². The Kier molecular flexibility index (Phi) is 9.59. The smallest absolute Gasteiger partial charge is 0.193 e. The lowest BCUT2D eigenvalue weighted by Gasteiger charge is -2.19. The van der Waals surface area contributed by atoms with Crippen LogP contribution < -0.4 is 5.32 Å².